The van der Waals surface area contributed by atoms with Crippen LogP contribution in [0.15, 0.2) is 35.4 Å². The maximum atomic E-state index is 12.5. The summed E-state index contributed by atoms with van der Waals surface area (Å²) in [5, 5.41) is 4.80. The summed E-state index contributed by atoms with van der Waals surface area (Å²) >= 11 is 1.45. The van der Waals surface area contributed by atoms with E-state index in [0.717, 1.165) is 55.6 Å². The Hall–Kier alpha value is -2.80. The van der Waals surface area contributed by atoms with Crippen LogP contribution in [0.2, 0.25) is 0 Å². The molecule has 1 saturated heterocycles. The number of rotatable bonds is 3. The lowest BCUT2D eigenvalue weighted by Crippen LogP contribution is -2.35. The van der Waals surface area contributed by atoms with E-state index in [2.05, 4.69) is 20.8 Å². The second kappa shape index (κ2) is 8.48. The van der Waals surface area contributed by atoms with E-state index in [0.29, 0.717) is 12.2 Å². The minimum absolute atomic E-state index is 0.0121. The van der Waals surface area contributed by atoms with E-state index in [1.54, 1.807) is 12.3 Å². The van der Waals surface area contributed by atoms with Crippen molar-refractivity contribution in [2.45, 2.75) is 32.1 Å². The van der Waals surface area contributed by atoms with Gasteiger partial charge in [0.05, 0.1) is 5.69 Å². The summed E-state index contributed by atoms with van der Waals surface area (Å²) in [4.78, 5) is 30.3. The van der Waals surface area contributed by atoms with Crippen molar-refractivity contribution in [2.75, 3.05) is 18.4 Å². The van der Waals surface area contributed by atoms with Gasteiger partial charge in [-0.3, -0.25) is 9.59 Å². The van der Waals surface area contributed by atoms with Gasteiger partial charge in [0.25, 0.3) is 0 Å². The van der Waals surface area contributed by atoms with Gasteiger partial charge in [0.2, 0.25) is 11.8 Å². The molecule has 4 rings (SSSR count). The number of hydrogen-bond donors (Lipinski definition) is 1. The number of aryl methyl sites for hydroxylation is 1. The highest BCUT2D eigenvalue weighted by molar-refractivity contribution is 7.03. The lowest BCUT2D eigenvalue weighted by molar-refractivity contribution is -0.126. The highest BCUT2D eigenvalue weighted by Crippen LogP contribution is 2.22. The third-order valence-electron chi connectivity index (χ3n) is 5.04. The quantitative estimate of drug-likeness (QED) is 0.808. The van der Waals surface area contributed by atoms with Crippen molar-refractivity contribution in [3.05, 3.63) is 52.2 Å². The molecule has 7 heteroatoms. The normalized spacial score (nSPS) is 17.2. The number of anilines is 1. The van der Waals surface area contributed by atoms with E-state index in [-0.39, 0.29) is 11.8 Å². The molecule has 0 bridgehead atoms. The molecule has 0 radical (unpaired) electrons. The van der Waals surface area contributed by atoms with Gasteiger partial charge in [-0.1, -0.05) is 5.57 Å². The predicted molar refractivity (Wildman–Crippen MR) is 111 cm³/mol. The average Bonchev–Trinajstić information content (AvgIpc) is 3.14. The smallest absolute Gasteiger partial charge is 0.246 e. The number of hydrogen-bond acceptors (Lipinski definition) is 5. The minimum atomic E-state index is 0.0121. The first-order chi connectivity index (χ1) is 13.7. The third-order valence-corrected chi connectivity index (χ3v) is 5.62. The van der Waals surface area contributed by atoms with Gasteiger partial charge in [0, 0.05) is 37.2 Å². The van der Waals surface area contributed by atoms with E-state index >= 15 is 0 Å². The van der Waals surface area contributed by atoms with Crippen molar-refractivity contribution in [3.63, 3.8) is 0 Å². The summed E-state index contributed by atoms with van der Waals surface area (Å²) in [5.74, 6) is 0.676. The van der Waals surface area contributed by atoms with E-state index in [9.17, 15) is 9.59 Å². The average molecular weight is 395 g/mol. The topological polar surface area (TPSA) is 75.2 Å². The van der Waals surface area contributed by atoms with Gasteiger partial charge in [-0.2, -0.15) is 4.37 Å². The van der Waals surface area contributed by atoms with Crippen LogP contribution >= 0.6 is 11.5 Å². The first-order valence-electron chi connectivity index (χ1n) is 9.53. The SMILES string of the molecule is O=C1CCCc2cc(/C=C/C(=O)N3CCC(=Cc4ccsn4)CC3)cnc2N1. The van der Waals surface area contributed by atoms with Gasteiger partial charge in [-0.15, -0.1) is 0 Å². The Bertz CT molecular complexity index is 924. The van der Waals surface area contributed by atoms with Crippen molar-refractivity contribution < 1.29 is 9.59 Å². The van der Waals surface area contributed by atoms with Crippen molar-refractivity contribution >= 4 is 41.3 Å². The first kappa shape index (κ1) is 18.6. The lowest BCUT2D eigenvalue weighted by atomic mass is 10.0. The molecule has 1 N–H and O–H groups in total. The van der Waals surface area contributed by atoms with Gasteiger partial charge in [0.15, 0.2) is 0 Å². The number of carbonyl (C=O) groups is 2. The number of nitrogens with one attached hydrogen (secondary N) is 1. The highest BCUT2D eigenvalue weighted by Gasteiger charge is 2.18. The van der Waals surface area contributed by atoms with Crippen molar-refractivity contribution in [1.29, 1.82) is 0 Å². The zero-order chi connectivity index (χ0) is 19.3. The Labute approximate surface area is 168 Å². The molecule has 0 aromatic carbocycles. The van der Waals surface area contributed by atoms with E-state index < -0.39 is 0 Å². The van der Waals surface area contributed by atoms with Crippen LogP contribution in [0, 0.1) is 0 Å². The maximum absolute atomic E-state index is 12.5. The molecule has 0 saturated carbocycles. The second-order valence-corrected chi connectivity index (χ2v) is 7.73. The standard InChI is InChI=1S/C21H22N4O2S/c26-19-3-1-2-17-12-16(14-22-21(17)23-19)4-5-20(27)25-9-6-15(7-10-25)13-18-8-11-28-24-18/h4-5,8,11-14H,1-3,6-7,9-10H2,(H,22,23,26)/b5-4+. The number of likely N-dealkylation sites (tertiary alicyclic amines) is 1. The fourth-order valence-corrected chi connectivity index (χ4v) is 3.99. The fraction of sp³-hybridized carbons (Fsp3) is 0.333. The molecule has 1 fully saturated rings. The Morgan fingerprint density at radius 2 is 2.07 bits per heavy atom. The summed E-state index contributed by atoms with van der Waals surface area (Å²) in [6, 6.07) is 4.01. The molecule has 2 aromatic heterocycles. The summed E-state index contributed by atoms with van der Waals surface area (Å²) in [5.41, 5.74) is 4.25. The maximum Gasteiger partial charge on any atom is 0.246 e. The van der Waals surface area contributed by atoms with Gasteiger partial charge >= 0.3 is 0 Å². The molecule has 0 atom stereocenters. The summed E-state index contributed by atoms with van der Waals surface area (Å²) in [6.07, 6.45) is 11.2. The molecular weight excluding hydrogens is 372 g/mol. The molecule has 6 nitrogen and oxygen atoms in total. The molecule has 2 amide bonds. The molecule has 4 heterocycles. The molecule has 2 aliphatic heterocycles. The van der Waals surface area contributed by atoms with Crippen molar-refractivity contribution in [1.82, 2.24) is 14.3 Å². The Morgan fingerprint density at radius 3 is 2.86 bits per heavy atom. The number of piperidine rings is 1. The largest absolute Gasteiger partial charge is 0.339 e. The summed E-state index contributed by atoms with van der Waals surface area (Å²) in [6.45, 7) is 1.46. The number of aromatic nitrogens is 2. The predicted octanol–water partition coefficient (Wildman–Crippen LogP) is 3.53. The van der Waals surface area contributed by atoms with Gasteiger partial charge in [-0.25, -0.2) is 4.98 Å². The van der Waals surface area contributed by atoms with Crippen LogP contribution in [0.5, 0.6) is 0 Å². The van der Waals surface area contributed by atoms with Crippen LogP contribution in [0.4, 0.5) is 5.82 Å². The zero-order valence-corrected chi connectivity index (χ0v) is 16.4. The van der Waals surface area contributed by atoms with Crippen LogP contribution in [0.1, 0.15) is 42.5 Å². The molecule has 144 valence electrons. The number of carbonyl (C=O) groups excluding carboxylic acids is 2. The Morgan fingerprint density at radius 1 is 1.21 bits per heavy atom. The molecule has 28 heavy (non-hydrogen) atoms. The summed E-state index contributed by atoms with van der Waals surface area (Å²) < 4.78 is 4.31. The van der Waals surface area contributed by atoms with Crippen LogP contribution in [-0.4, -0.2) is 39.2 Å². The number of nitrogens with zero attached hydrogens (tertiary/aromatic N) is 3. The minimum Gasteiger partial charge on any atom is -0.339 e. The van der Waals surface area contributed by atoms with Crippen LogP contribution in [0.25, 0.3) is 12.2 Å². The van der Waals surface area contributed by atoms with Crippen molar-refractivity contribution in [3.8, 4) is 0 Å². The lowest BCUT2D eigenvalue weighted by Gasteiger charge is -2.27. The molecular formula is C21H22N4O2S. The van der Waals surface area contributed by atoms with Gasteiger partial charge < -0.3 is 10.2 Å². The van der Waals surface area contributed by atoms with Gasteiger partial charge in [-0.05, 0) is 72.6 Å². The van der Waals surface area contributed by atoms with Crippen LogP contribution in [0.3, 0.4) is 0 Å². The number of pyridine rings is 1. The fourth-order valence-electron chi connectivity index (χ4n) is 3.49. The molecule has 0 unspecified atom stereocenters. The summed E-state index contributed by atoms with van der Waals surface area (Å²) in [7, 11) is 0. The van der Waals surface area contributed by atoms with Crippen LogP contribution < -0.4 is 5.32 Å². The van der Waals surface area contributed by atoms with E-state index in [4.69, 9.17) is 0 Å². The highest BCUT2D eigenvalue weighted by atomic mass is 32.1. The number of amides is 2. The molecule has 0 aliphatic carbocycles. The molecule has 2 aliphatic rings. The first-order valence-corrected chi connectivity index (χ1v) is 10.4. The molecule has 2 aromatic rings. The monoisotopic (exact) mass is 394 g/mol. The van der Waals surface area contributed by atoms with E-state index in [1.807, 2.05) is 28.5 Å². The Balaban J connectivity index is 1.36. The van der Waals surface area contributed by atoms with Crippen LogP contribution in [-0.2, 0) is 16.0 Å². The second-order valence-electron chi connectivity index (χ2n) is 7.06. The third kappa shape index (κ3) is 4.54. The van der Waals surface area contributed by atoms with E-state index in [1.165, 1.54) is 17.1 Å². The Kier molecular flexibility index (Phi) is 5.62. The molecule has 0 spiro atoms. The van der Waals surface area contributed by atoms with Gasteiger partial charge in [0.1, 0.15) is 5.82 Å². The van der Waals surface area contributed by atoms with Crippen molar-refractivity contribution in [2.24, 2.45) is 0 Å². The number of fused-ring (bicyclic) bond motifs is 1. The zero-order valence-electron chi connectivity index (χ0n) is 15.6.